The Morgan fingerprint density at radius 2 is 1.53 bits per heavy atom. The van der Waals surface area contributed by atoms with E-state index in [0.29, 0.717) is 29.8 Å². The van der Waals surface area contributed by atoms with E-state index in [1.54, 1.807) is 48.5 Å². The SMILES string of the molecule is CCCCC(O)(CCCC)C(=O)NN(C(=O)c1ccccc1)c1ccccc1OC. The number of nitrogens with zero attached hydrogens (tertiary/aromatic N) is 1. The summed E-state index contributed by atoms with van der Waals surface area (Å²) in [7, 11) is 1.50. The monoisotopic (exact) mass is 412 g/mol. The first-order chi connectivity index (χ1) is 14.5. The van der Waals surface area contributed by atoms with Gasteiger partial charge in [-0.3, -0.25) is 15.0 Å². The van der Waals surface area contributed by atoms with Gasteiger partial charge in [0.25, 0.3) is 11.8 Å². The largest absolute Gasteiger partial charge is 0.494 e. The predicted molar refractivity (Wildman–Crippen MR) is 118 cm³/mol. The van der Waals surface area contributed by atoms with Gasteiger partial charge in [-0.05, 0) is 37.1 Å². The molecule has 6 nitrogen and oxygen atoms in total. The van der Waals surface area contributed by atoms with Crippen molar-refractivity contribution < 1.29 is 19.4 Å². The summed E-state index contributed by atoms with van der Waals surface area (Å²) >= 11 is 0. The van der Waals surface area contributed by atoms with Gasteiger partial charge in [-0.1, -0.05) is 69.9 Å². The quantitative estimate of drug-likeness (QED) is 0.564. The lowest BCUT2D eigenvalue weighted by Crippen LogP contribution is -2.55. The second-order valence-corrected chi connectivity index (χ2v) is 7.36. The van der Waals surface area contributed by atoms with Gasteiger partial charge in [0.05, 0.1) is 7.11 Å². The maximum atomic E-state index is 13.3. The van der Waals surface area contributed by atoms with E-state index in [1.165, 1.54) is 12.1 Å². The van der Waals surface area contributed by atoms with Crippen molar-refractivity contribution in [1.29, 1.82) is 0 Å². The number of anilines is 1. The first kappa shape index (κ1) is 23.4. The van der Waals surface area contributed by atoms with Crippen molar-refractivity contribution in [3.05, 3.63) is 60.2 Å². The lowest BCUT2D eigenvalue weighted by Gasteiger charge is -2.31. The fourth-order valence-corrected chi connectivity index (χ4v) is 3.24. The molecule has 0 radical (unpaired) electrons. The smallest absolute Gasteiger partial charge is 0.277 e. The van der Waals surface area contributed by atoms with Crippen molar-refractivity contribution in [3.8, 4) is 5.75 Å². The van der Waals surface area contributed by atoms with Gasteiger partial charge in [-0.2, -0.15) is 0 Å². The van der Waals surface area contributed by atoms with E-state index < -0.39 is 17.4 Å². The summed E-state index contributed by atoms with van der Waals surface area (Å²) in [5, 5.41) is 12.3. The molecule has 0 fully saturated rings. The van der Waals surface area contributed by atoms with Crippen LogP contribution in [0.1, 0.15) is 62.7 Å². The number of carbonyl (C=O) groups excluding carboxylic acids is 2. The minimum absolute atomic E-state index is 0.342. The Balaban J connectivity index is 2.41. The van der Waals surface area contributed by atoms with Crippen molar-refractivity contribution >= 4 is 17.5 Å². The van der Waals surface area contributed by atoms with Gasteiger partial charge in [0, 0.05) is 5.56 Å². The molecular weight excluding hydrogens is 380 g/mol. The molecule has 162 valence electrons. The highest BCUT2D eigenvalue weighted by molar-refractivity contribution is 6.08. The van der Waals surface area contributed by atoms with Gasteiger partial charge in [-0.15, -0.1) is 0 Å². The van der Waals surface area contributed by atoms with Gasteiger partial charge >= 0.3 is 0 Å². The summed E-state index contributed by atoms with van der Waals surface area (Å²) in [5.74, 6) is -0.561. The Hall–Kier alpha value is -2.86. The highest BCUT2D eigenvalue weighted by atomic mass is 16.5. The number of amides is 2. The van der Waals surface area contributed by atoms with Crippen LogP contribution in [-0.2, 0) is 4.79 Å². The zero-order chi connectivity index (χ0) is 22.0. The molecule has 0 aliphatic carbocycles. The molecule has 2 aromatic carbocycles. The third-order valence-corrected chi connectivity index (χ3v) is 5.07. The average molecular weight is 413 g/mol. The van der Waals surface area contributed by atoms with E-state index in [2.05, 4.69) is 5.43 Å². The molecule has 2 amide bonds. The van der Waals surface area contributed by atoms with E-state index in [4.69, 9.17) is 4.74 Å². The summed E-state index contributed by atoms with van der Waals surface area (Å²) in [5.41, 5.74) is 1.95. The van der Waals surface area contributed by atoms with Crippen LogP contribution in [0.3, 0.4) is 0 Å². The number of rotatable bonds is 10. The molecule has 2 N–H and O–H groups in total. The van der Waals surface area contributed by atoms with Gasteiger partial charge in [0.2, 0.25) is 0 Å². The summed E-state index contributed by atoms with van der Waals surface area (Å²) in [6.45, 7) is 4.02. The van der Waals surface area contributed by atoms with Crippen LogP contribution in [0, 0.1) is 0 Å². The van der Waals surface area contributed by atoms with Crippen LogP contribution in [0.4, 0.5) is 5.69 Å². The Morgan fingerprint density at radius 1 is 0.967 bits per heavy atom. The van der Waals surface area contributed by atoms with Crippen molar-refractivity contribution in [2.75, 3.05) is 12.1 Å². The number of aliphatic hydroxyl groups is 1. The Labute approximate surface area is 178 Å². The van der Waals surface area contributed by atoms with Crippen LogP contribution in [0.2, 0.25) is 0 Å². The second-order valence-electron chi connectivity index (χ2n) is 7.36. The first-order valence-corrected chi connectivity index (χ1v) is 10.5. The van der Waals surface area contributed by atoms with Crippen molar-refractivity contribution in [3.63, 3.8) is 0 Å². The highest BCUT2D eigenvalue weighted by Gasteiger charge is 2.37. The fraction of sp³-hybridized carbons (Fsp3) is 0.417. The maximum absolute atomic E-state index is 13.3. The lowest BCUT2D eigenvalue weighted by molar-refractivity contribution is -0.141. The molecule has 0 aliphatic heterocycles. The van der Waals surface area contributed by atoms with E-state index >= 15 is 0 Å². The van der Waals surface area contributed by atoms with Crippen molar-refractivity contribution in [2.45, 2.75) is 58.0 Å². The van der Waals surface area contributed by atoms with Gasteiger partial charge in [0.1, 0.15) is 17.0 Å². The summed E-state index contributed by atoms with van der Waals surface area (Å²) < 4.78 is 5.40. The van der Waals surface area contributed by atoms with Crippen LogP contribution in [-0.4, -0.2) is 29.6 Å². The minimum Gasteiger partial charge on any atom is -0.494 e. The molecule has 0 aliphatic rings. The zero-order valence-electron chi connectivity index (χ0n) is 18.1. The standard InChI is InChI=1S/C24H32N2O4/c1-4-6-17-24(29,18-7-5-2)23(28)25-26(20-15-11-12-16-21(20)30-3)22(27)19-13-9-8-10-14-19/h8-16,29H,4-7,17-18H2,1-3H3,(H,25,28). The van der Waals surface area contributed by atoms with E-state index in [-0.39, 0.29) is 0 Å². The molecule has 2 rings (SSSR count). The molecule has 2 aromatic rings. The number of hydrogen-bond donors (Lipinski definition) is 2. The van der Waals surface area contributed by atoms with Gasteiger partial charge in [0.15, 0.2) is 0 Å². The normalized spacial score (nSPS) is 11.1. The van der Waals surface area contributed by atoms with Gasteiger partial charge < -0.3 is 9.84 Å². The number of hydrazine groups is 1. The topological polar surface area (TPSA) is 78.9 Å². The second kappa shape index (κ2) is 11.4. The lowest BCUT2D eigenvalue weighted by atomic mass is 9.90. The molecule has 0 bridgehead atoms. The number of hydrogen-bond acceptors (Lipinski definition) is 4. The van der Waals surface area contributed by atoms with E-state index in [0.717, 1.165) is 25.7 Å². The number of unbranched alkanes of at least 4 members (excludes halogenated alkanes) is 2. The molecule has 0 atom stereocenters. The summed E-state index contributed by atoms with van der Waals surface area (Å²) in [6, 6.07) is 15.6. The maximum Gasteiger partial charge on any atom is 0.277 e. The molecule has 0 saturated carbocycles. The Kier molecular flexibility index (Phi) is 8.87. The molecule has 0 aromatic heterocycles. The van der Waals surface area contributed by atoms with Gasteiger partial charge in [-0.25, -0.2) is 5.01 Å². The summed E-state index contributed by atoms with van der Waals surface area (Å²) in [4.78, 5) is 26.5. The molecule has 0 heterocycles. The molecule has 30 heavy (non-hydrogen) atoms. The zero-order valence-corrected chi connectivity index (χ0v) is 18.1. The number of methoxy groups -OCH3 is 1. The third kappa shape index (κ3) is 5.83. The minimum atomic E-state index is -1.54. The fourth-order valence-electron chi connectivity index (χ4n) is 3.24. The van der Waals surface area contributed by atoms with Crippen molar-refractivity contribution in [2.24, 2.45) is 0 Å². The summed E-state index contributed by atoms with van der Waals surface area (Å²) in [6.07, 6.45) is 3.84. The molecular formula is C24H32N2O4. The van der Waals surface area contributed by atoms with Crippen LogP contribution < -0.4 is 15.2 Å². The van der Waals surface area contributed by atoms with Crippen LogP contribution >= 0.6 is 0 Å². The first-order valence-electron chi connectivity index (χ1n) is 10.5. The molecule has 0 spiro atoms. The van der Waals surface area contributed by atoms with E-state index in [1.807, 2.05) is 19.9 Å². The third-order valence-electron chi connectivity index (χ3n) is 5.07. The number of ether oxygens (including phenoxy) is 1. The van der Waals surface area contributed by atoms with E-state index in [9.17, 15) is 14.7 Å². The molecule has 0 saturated heterocycles. The predicted octanol–water partition coefficient (Wildman–Crippen LogP) is 4.48. The number of benzene rings is 2. The number of carbonyl (C=O) groups is 2. The molecule has 0 unspecified atom stereocenters. The number of nitrogens with one attached hydrogen (secondary N) is 1. The van der Waals surface area contributed by atoms with Crippen LogP contribution in [0.25, 0.3) is 0 Å². The van der Waals surface area contributed by atoms with Crippen molar-refractivity contribution in [1.82, 2.24) is 5.43 Å². The van der Waals surface area contributed by atoms with Crippen LogP contribution in [0.5, 0.6) is 5.75 Å². The highest BCUT2D eigenvalue weighted by Crippen LogP contribution is 2.29. The Morgan fingerprint density at radius 3 is 2.10 bits per heavy atom. The van der Waals surface area contributed by atoms with Crippen LogP contribution in [0.15, 0.2) is 54.6 Å². The average Bonchev–Trinajstić information content (AvgIpc) is 2.79. The number of para-hydroxylation sites is 2. The Bertz CT molecular complexity index is 815. The molecule has 6 heteroatoms.